The zero-order valence-corrected chi connectivity index (χ0v) is 10.3. The number of nitrogens with two attached hydrogens (primary N) is 1. The molecule has 4 N–H and O–H groups in total. The molecule has 1 rings (SSSR count). The molecule has 1 fully saturated rings. The molecule has 0 radical (unpaired) electrons. The van der Waals surface area contributed by atoms with Crippen LogP contribution in [0.5, 0.6) is 0 Å². The molecule has 0 unspecified atom stereocenters. The second-order valence-corrected chi connectivity index (χ2v) is 4.85. The number of nitrogens with zero attached hydrogens (tertiary/aromatic N) is 2. The Morgan fingerprint density at radius 3 is 2.24 bits per heavy atom. The summed E-state index contributed by atoms with van der Waals surface area (Å²) >= 11 is 0. The van der Waals surface area contributed by atoms with Crippen molar-refractivity contribution in [2.75, 3.05) is 32.7 Å². The van der Waals surface area contributed by atoms with Crippen LogP contribution >= 0.6 is 0 Å². The highest BCUT2D eigenvalue weighted by Gasteiger charge is 2.27. The monoisotopic (exact) mass is 244 g/mol. The van der Waals surface area contributed by atoms with E-state index in [1.807, 2.05) is 5.43 Å². The van der Waals surface area contributed by atoms with Crippen LogP contribution in [0, 0.1) is 0 Å². The number of β-amino-alcohol motifs (C(OH)–C–C–N with tert-alkyl or cyclic N) is 1. The van der Waals surface area contributed by atoms with Gasteiger partial charge in [0.2, 0.25) is 0 Å². The van der Waals surface area contributed by atoms with Gasteiger partial charge in [0, 0.05) is 32.7 Å². The summed E-state index contributed by atoms with van der Waals surface area (Å²) in [6.45, 7) is 6.28. The van der Waals surface area contributed by atoms with E-state index in [1.165, 1.54) is 4.90 Å². The van der Waals surface area contributed by atoms with Crippen molar-refractivity contribution in [2.45, 2.75) is 19.4 Å². The van der Waals surface area contributed by atoms with Crippen LogP contribution in [0.25, 0.3) is 0 Å². The zero-order valence-electron chi connectivity index (χ0n) is 10.3. The summed E-state index contributed by atoms with van der Waals surface area (Å²) in [5.41, 5.74) is 1.08. The highest BCUT2D eigenvalue weighted by molar-refractivity contribution is 6.34. The van der Waals surface area contributed by atoms with E-state index in [9.17, 15) is 14.7 Å². The maximum atomic E-state index is 11.5. The van der Waals surface area contributed by atoms with Crippen molar-refractivity contribution < 1.29 is 14.7 Å². The fraction of sp³-hybridized carbons (Fsp3) is 0.800. The van der Waals surface area contributed by atoms with E-state index in [2.05, 4.69) is 4.90 Å². The highest BCUT2D eigenvalue weighted by Crippen LogP contribution is 2.08. The van der Waals surface area contributed by atoms with Crippen LogP contribution in [0.15, 0.2) is 0 Å². The Morgan fingerprint density at radius 2 is 1.82 bits per heavy atom. The van der Waals surface area contributed by atoms with Gasteiger partial charge in [-0.1, -0.05) is 0 Å². The molecule has 0 aromatic carbocycles. The molecule has 0 bridgehead atoms. The summed E-state index contributed by atoms with van der Waals surface area (Å²) in [6.07, 6.45) is 0. The second-order valence-electron chi connectivity index (χ2n) is 4.85. The van der Waals surface area contributed by atoms with E-state index < -0.39 is 17.4 Å². The van der Waals surface area contributed by atoms with Gasteiger partial charge in [-0.3, -0.25) is 19.9 Å². The van der Waals surface area contributed by atoms with Crippen molar-refractivity contribution in [2.24, 2.45) is 5.84 Å². The summed E-state index contributed by atoms with van der Waals surface area (Å²) < 4.78 is 0. The highest BCUT2D eigenvalue weighted by atomic mass is 16.3. The number of hydrazine groups is 1. The first kappa shape index (κ1) is 13.9. The summed E-state index contributed by atoms with van der Waals surface area (Å²) in [6, 6.07) is 0. The van der Waals surface area contributed by atoms with Gasteiger partial charge in [-0.15, -0.1) is 0 Å². The average molecular weight is 244 g/mol. The normalized spacial score (nSPS) is 18.0. The van der Waals surface area contributed by atoms with E-state index in [1.54, 1.807) is 13.8 Å². The molecule has 0 aromatic heterocycles. The van der Waals surface area contributed by atoms with Crippen LogP contribution in [0.2, 0.25) is 0 Å². The van der Waals surface area contributed by atoms with Gasteiger partial charge in [-0.05, 0) is 13.8 Å². The SMILES string of the molecule is CC(C)(O)CN1CCN(C(=O)C(=O)NN)CC1. The molecule has 0 spiro atoms. The maximum Gasteiger partial charge on any atom is 0.323 e. The quantitative estimate of drug-likeness (QED) is 0.223. The molecular weight excluding hydrogens is 224 g/mol. The maximum absolute atomic E-state index is 11.5. The van der Waals surface area contributed by atoms with Gasteiger partial charge < -0.3 is 10.0 Å². The summed E-state index contributed by atoms with van der Waals surface area (Å²) in [5.74, 6) is 3.51. The zero-order chi connectivity index (χ0) is 13.1. The smallest absolute Gasteiger partial charge is 0.323 e. The molecule has 1 heterocycles. The average Bonchev–Trinajstić information content (AvgIpc) is 2.26. The number of carbonyl (C=O) groups excluding carboxylic acids is 2. The molecule has 7 heteroatoms. The van der Waals surface area contributed by atoms with Crippen molar-refractivity contribution in [3.63, 3.8) is 0 Å². The van der Waals surface area contributed by atoms with Crippen molar-refractivity contribution in [3.8, 4) is 0 Å². The van der Waals surface area contributed by atoms with Crippen molar-refractivity contribution >= 4 is 11.8 Å². The largest absolute Gasteiger partial charge is 0.389 e. The third-order valence-corrected chi connectivity index (χ3v) is 2.60. The van der Waals surface area contributed by atoms with E-state index in [0.29, 0.717) is 32.7 Å². The van der Waals surface area contributed by atoms with Crippen LogP contribution in [0.1, 0.15) is 13.8 Å². The van der Waals surface area contributed by atoms with Crippen LogP contribution in [0.3, 0.4) is 0 Å². The molecule has 1 aliphatic heterocycles. The molecule has 0 aliphatic carbocycles. The Morgan fingerprint density at radius 1 is 1.29 bits per heavy atom. The number of aliphatic hydroxyl groups is 1. The van der Waals surface area contributed by atoms with Gasteiger partial charge in [0.15, 0.2) is 0 Å². The number of amides is 2. The molecule has 7 nitrogen and oxygen atoms in total. The van der Waals surface area contributed by atoms with Gasteiger partial charge in [0.1, 0.15) is 0 Å². The lowest BCUT2D eigenvalue weighted by Gasteiger charge is -2.36. The number of carbonyl (C=O) groups is 2. The molecule has 0 aromatic rings. The van der Waals surface area contributed by atoms with E-state index >= 15 is 0 Å². The third kappa shape index (κ3) is 4.29. The minimum atomic E-state index is -0.791. The Hall–Kier alpha value is -1.18. The van der Waals surface area contributed by atoms with Crippen molar-refractivity contribution in [3.05, 3.63) is 0 Å². The number of hydrogen-bond acceptors (Lipinski definition) is 5. The predicted octanol–water partition coefficient (Wildman–Crippen LogP) is -2.11. The minimum absolute atomic E-state index is 0.475. The molecule has 1 saturated heterocycles. The van der Waals surface area contributed by atoms with Crippen molar-refractivity contribution in [1.82, 2.24) is 15.2 Å². The summed E-state index contributed by atoms with van der Waals surface area (Å²) in [7, 11) is 0. The molecular formula is C10H20N4O3. The van der Waals surface area contributed by atoms with Gasteiger partial charge in [-0.2, -0.15) is 0 Å². The topological polar surface area (TPSA) is 98.9 Å². The number of rotatable bonds is 2. The minimum Gasteiger partial charge on any atom is -0.389 e. The van der Waals surface area contributed by atoms with Crippen LogP contribution in [-0.2, 0) is 9.59 Å². The Labute approximate surface area is 101 Å². The van der Waals surface area contributed by atoms with Crippen LogP contribution in [-0.4, -0.2) is 65.0 Å². The third-order valence-electron chi connectivity index (χ3n) is 2.60. The number of nitrogens with one attached hydrogen (secondary N) is 1. The Balaban J connectivity index is 2.41. The Bertz CT molecular complexity index is 292. The van der Waals surface area contributed by atoms with Gasteiger partial charge in [0.05, 0.1) is 5.60 Å². The first-order valence-electron chi connectivity index (χ1n) is 5.58. The van der Waals surface area contributed by atoms with Gasteiger partial charge >= 0.3 is 11.8 Å². The first-order valence-corrected chi connectivity index (χ1v) is 5.58. The number of piperazine rings is 1. The van der Waals surface area contributed by atoms with Crippen LogP contribution in [0.4, 0.5) is 0 Å². The van der Waals surface area contributed by atoms with Gasteiger partial charge in [0.25, 0.3) is 0 Å². The first-order chi connectivity index (χ1) is 7.83. The molecule has 98 valence electrons. The summed E-state index contributed by atoms with van der Waals surface area (Å²) in [5, 5.41) is 9.67. The fourth-order valence-corrected chi connectivity index (χ4v) is 1.86. The Kier molecular flexibility index (Phi) is 4.44. The second kappa shape index (κ2) is 5.44. The summed E-state index contributed by atoms with van der Waals surface area (Å²) in [4.78, 5) is 26.0. The molecule has 0 atom stereocenters. The lowest BCUT2D eigenvalue weighted by Crippen LogP contribution is -2.55. The van der Waals surface area contributed by atoms with Crippen molar-refractivity contribution in [1.29, 1.82) is 0 Å². The van der Waals surface area contributed by atoms with E-state index in [0.717, 1.165) is 0 Å². The lowest BCUT2D eigenvalue weighted by molar-refractivity contribution is -0.147. The molecule has 2 amide bonds. The predicted molar refractivity (Wildman–Crippen MR) is 61.6 cm³/mol. The molecule has 1 aliphatic rings. The van der Waals surface area contributed by atoms with E-state index in [-0.39, 0.29) is 0 Å². The van der Waals surface area contributed by atoms with Gasteiger partial charge in [-0.25, -0.2) is 5.84 Å². The molecule has 17 heavy (non-hydrogen) atoms. The van der Waals surface area contributed by atoms with E-state index in [4.69, 9.17) is 5.84 Å². The fourth-order valence-electron chi connectivity index (χ4n) is 1.86. The number of hydrogen-bond donors (Lipinski definition) is 3. The standard InChI is InChI=1S/C10H20N4O3/c1-10(2,17)7-13-3-5-14(6-4-13)9(16)8(15)12-11/h17H,3-7,11H2,1-2H3,(H,12,15). The lowest BCUT2D eigenvalue weighted by atomic mass is 10.1. The molecule has 0 saturated carbocycles. The van der Waals surface area contributed by atoms with Crippen LogP contribution < -0.4 is 11.3 Å².